The topological polar surface area (TPSA) is 45.2 Å². The van der Waals surface area contributed by atoms with Gasteiger partial charge in [0.1, 0.15) is 0 Å². The van der Waals surface area contributed by atoms with Crippen molar-refractivity contribution in [1.82, 2.24) is 9.88 Å². The van der Waals surface area contributed by atoms with E-state index in [-0.39, 0.29) is 5.91 Å². The molecule has 1 heterocycles. The van der Waals surface area contributed by atoms with Gasteiger partial charge in [-0.2, -0.15) is 0 Å². The monoisotopic (exact) mass is 437 g/mol. The van der Waals surface area contributed by atoms with Crippen LogP contribution in [0.3, 0.4) is 0 Å². The van der Waals surface area contributed by atoms with Gasteiger partial charge in [0.05, 0.1) is 11.2 Å². The summed E-state index contributed by atoms with van der Waals surface area (Å²) in [6.45, 7) is 9.68. The number of carbonyl (C=O) groups excluding carboxylic acids is 1. The van der Waals surface area contributed by atoms with Crippen molar-refractivity contribution in [3.63, 3.8) is 0 Å². The summed E-state index contributed by atoms with van der Waals surface area (Å²) in [5.74, 6) is -0.122. The van der Waals surface area contributed by atoms with E-state index in [1.165, 1.54) is 0 Å². The minimum Gasteiger partial charge on any atom is -0.322 e. The third-order valence-corrected chi connectivity index (χ3v) is 5.93. The maximum atomic E-state index is 12.8. The second-order valence-corrected chi connectivity index (χ2v) is 8.97. The summed E-state index contributed by atoms with van der Waals surface area (Å²) in [5.41, 5.74) is 5.61. The van der Waals surface area contributed by atoms with Crippen molar-refractivity contribution in [1.29, 1.82) is 0 Å². The van der Waals surface area contributed by atoms with E-state index in [0.717, 1.165) is 40.0 Å². The summed E-state index contributed by atoms with van der Waals surface area (Å²) >= 11 is 0. The first-order valence-electron chi connectivity index (χ1n) is 11.5. The van der Waals surface area contributed by atoms with Crippen molar-refractivity contribution in [3.05, 3.63) is 96.2 Å². The maximum absolute atomic E-state index is 12.8. The van der Waals surface area contributed by atoms with Crippen molar-refractivity contribution in [3.8, 4) is 11.1 Å². The molecule has 0 unspecified atom stereocenters. The molecule has 0 bridgehead atoms. The zero-order chi connectivity index (χ0) is 23.4. The molecule has 1 N–H and O–H groups in total. The average molecular weight is 438 g/mol. The minimum absolute atomic E-state index is 0.122. The SMILES string of the molecule is CC(C)N(Cc1ccc2cc(NC(=O)c3ccc(-c4ccccc4)cc3)ccc2n1)C(C)C. The minimum atomic E-state index is -0.122. The molecule has 0 radical (unpaired) electrons. The number of hydrogen-bond donors (Lipinski definition) is 1. The largest absolute Gasteiger partial charge is 0.322 e. The molecule has 4 heteroatoms. The lowest BCUT2D eigenvalue weighted by atomic mass is 10.0. The van der Waals surface area contributed by atoms with Gasteiger partial charge in [-0.1, -0.05) is 48.5 Å². The highest BCUT2D eigenvalue weighted by atomic mass is 16.1. The highest BCUT2D eigenvalue weighted by molar-refractivity contribution is 6.05. The molecular formula is C29H31N3O. The number of benzene rings is 3. The molecule has 1 amide bonds. The fraction of sp³-hybridized carbons (Fsp3) is 0.241. The molecule has 4 aromatic rings. The van der Waals surface area contributed by atoms with E-state index >= 15 is 0 Å². The number of pyridine rings is 1. The first kappa shape index (κ1) is 22.7. The lowest BCUT2D eigenvalue weighted by Gasteiger charge is -2.30. The van der Waals surface area contributed by atoms with Gasteiger partial charge in [-0.25, -0.2) is 0 Å². The molecule has 3 aromatic carbocycles. The van der Waals surface area contributed by atoms with E-state index in [9.17, 15) is 4.79 Å². The third-order valence-electron chi connectivity index (χ3n) is 5.93. The molecule has 1 aromatic heterocycles. The second-order valence-electron chi connectivity index (χ2n) is 8.97. The number of rotatable bonds is 7. The molecule has 4 nitrogen and oxygen atoms in total. The van der Waals surface area contributed by atoms with Crippen molar-refractivity contribution < 1.29 is 4.79 Å². The predicted molar refractivity (Wildman–Crippen MR) is 137 cm³/mol. The Balaban J connectivity index is 1.47. The Morgan fingerprint density at radius 2 is 1.48 bits per heavy atom. The second kappa shape index (κ2) is 9.97. The van der Waals surface area contributed by atoms with Crippen LogP contribution in [0.25, 0.3) is 22.0 Å². The Morgan fingerprint density at radius 3 is 2.15 bits per heavy atom. The molecular weight excluding hydrogens is 406 g/mol. The van der Waals surface area contributed by atoms with Crippen molar-refractivity contribution in [2.75, 3.05) is 5.32 Å². The van der Waals surface area contributed by atoms with Gasteiger partial charge in [0.2, 0.25) is 0 Å². The van der Waals surface area contributed by atoms with Crippen LogP contribution in [0.5, 0.6) is 0 Å². The Morgan fingerprint density at radius 1 is 0.818 bits per heavy atom. The van der Waals surface area contributed by atoms with Gasteiger partial charge in [-0.05, 0) is 75.2 Å². The van der Waals surface area contributed by atoms with Crippen LogP contribution >= 0.6 is 0 Å². The number of nitrogens with one attached hydrogen (secondary N) is 1. The van der Waals surface area contributed by atoms with Crippen LogP contribution in [0.1, 0.15) is 43.7 Å². The van der Waals surface area contributed by atoms with Crippen molar-refractivity contribution in [2.45, 2.75) is 46.3 Å². The van der Waals surface area contributed by atoms with Gasteiger partial charge in [0.25, 0.3) is 5.91 Å². The summed E-state index contributed by atoms with van der Waals surface area (Å²) < 4.78 is 0. The molecule has 0 spiro atoms. The summed E-state index contributed by atoms with van der Waals surface area (Å²) in [7, 11) is 0. The predicted octanol–water partition coefficient (Wildman–Crippen LogP) is 6.77. The molecule has 0 aliphatic rings. The van der Waals surface area contributed by atoms with Crippen LogP contribution in [0.15, 0.2) is 84.9 Å². The number of nitrogens with zero attached hydrogens (tertiary/aromatic N) is 2. The summed E-state index contributed by atoms with van der Waals surface area (Å²) in [5, 5.41) is 4.02. The lowest BCUT2D eigenvalue weighted by molar-refractivity contribution is 0.102. The van der Waals surface area contributed by atoms with E-state index in [1.807, 2.05) is 60.7 Å². The van der Waals surface area contributed by atoms with Crippen LogP contribution in [0, 0.1) is 0 Å². The zero-order valence-electron chi connectivity index (χ0n) is 19.7. The number of anilines is 1. The maximum Gasteiger partial charge on any atom is 0.255 e. The molecule has 33 heavy (non-hydrogen) atoms. The molecule has 4 rings (SSSR count). The molecule has 0 saturated carbocycles. The van der Waals surface area contributed by atoms with Crippen LogP contribution in [0.4, 0.5) is 5.69 Å². The molecule has 0 fully saturated rings. The van der Waals surface area contributed by atoms with Crippen LogP contribution in [-0.2, 0) is 6.54 Å². The quantitative estimate of drug-likeness (QED) is 0.347. The summed E-state index contributed by atoms with van der Waals surface area (Å²) in [6, 6.07) is 28.8. The zero-order valence-corrected chi connectivity index (χ0v) is 19.7. The fourth-order valence-electron chi connectivity index (χ4n) is 4.13. The van der Waals surface area contributed by atoms with Crippen molar-refractivity contribution in [2.24, 2.45) is 0 Å². The molecule has 168 valence electrons. The highest BCUT2D eigenvalue weighted by Gasteiger charge is 2.15. The van der Waals surface area contributed by atoms with E-state index < -0.39 is 0 Å². The van der Waals surface area contributed by atoms with Gasteiger partial charge in [0.15, 0.2) is 0 Å². The van der Waals surface area contributed by atoms with Gasteiger partial charge in [-0.3, -0.25) is 14.7 Å². The standard InChI is InChI=1S/C29H31N3O/c1-20(2)32(21(3)4)19-27-15-14-25-18-26(16-17-28(25)30-27)31-29(33)24-12-10-23(11-13-24)22-8-6-5-7-9-22/h5-18,20-21H,19H2,1-4H3,(H,31,33). The number of carbonyl (C=O) groups is 1. The van der Waals surface area contributed by atoms with Crippen LogP contribution < -0.4 is 5.32 Å². The Kier molecular flexibility index (Phi) is 6.85. The summed E-state index contributed by atoms with van der Waals surface area (Å²) in [4.78, 5) is 20.0. The van der Waals surface area contributed by atoms with Crippen molar-refractivity contribution >= 4 is 22.5 Å². The van der Waals surface area contributed by atoms with E-state index in [1.54, 1.807) is 0 Å². The smallest absolute Gasteiger partial charge is 0.255 e. The molecule has 0 saturated heterocycles. The number of amides is 1. The number of hydrogen-bond acceptors (Lipinski definition) is 3. The van der Waals surface area contributed by atoms with Gasteiger partial charge in [-0.15, -0.1) is 0 Å². The third kappa shape index (κ3) is 5.47. The highest BCUT2D eigenvalue weighted by Crippen LogP contribution is 2.22. The van der Waals surface area contributed by atoms with Crippen LogP contribution in [0.2, 0.25) is 0 Å². The lowest BCUT2D eigenvalue weighted by Crippen LogP contribution is -2.36. The fourth-order valence-corrected chi connectivity index (χ4v) is 4.13. The van der Waals surface area contributed by atoms with E-state index in [0.29, 0.717) is 17.6 Å². The number of fused-ring (bicyclic) bond motifs is 1. The van der Waals surface area contributed by atoms with Gasteiger partial charge >= 0.3 is 0 Å². The Labute approximate surface area is 196 Å². The molecule has 0 aliphatic heterocycles. The normalized spacial score (nSPS) is 11.5. The van der Waals surface area contributed by atoms with E-state index in [4.69, 9.17) is 4.98 Å². The first-order chi connectivity index (χ1) is 15.9. The Bertz CT molecular complexity index is 1220. The number of aromatic nitrogens is 1. The summed E-state index contributed by atoms with van der Waals surface area (Å²) in [6.07, 6.45) is 0. The molecule has 0 atom stereocenters. The Hall–Kier alpha value is -3.50. The molecule has 0 aliphatic carbocycles. The van der Waals surface area contributed by atoms with E-state index in [2.05, 4.69) is 62.2 Å². The van der Waals surface area contributed by atoms with Crippen LogP contribution in [-0.4, -0.2) is 27.9 Å². The van der Waals surface area contributed by atoms with Gasteiger partial charge in [0, 0.05) is 35.3 Å². The van der Waals surface area contributed by atoms with Gasteiger partial charge < -0.3 is 5.32 Å². The average Bonchev–Trinajstić information content (AvgIpc) is 2.82. The first-order valence-corrected chi connectivity index (χ1v) is 11.5.